The Morgan fingerprint density at radius 1 is 0.900 bits per heavy atom. The Labute approximate surface area is 172 Å². The molecule has 5 rings (SSSR count). The van der Waals surface area contributed by atoms with Crippen LogP contribution in [0.15, 0.2) is 89.5 Å². The first-order valence-electron chi connectivity index (χ1n) is 9.64. The Kier molecular flexibility index (Phi) is 4.25. The quantitative estimate of drug-likeness (QED) is 0.515. The topological polar surface area (TPSA) is 84.6 Å². The standard InChI is InChI=1S/C24H17N3O3/c28-24-19-9-5-4-8-18(19)23-22(24)20(15-6-2-1-3-7-15)14-21(25-26-23)16-10-12-17(13-11-16)27(29)30/h1-13,20,26H,14H2. The average molecular weight is 395 g/mol. The van der Waals surface area contributed by atoms with Gasteiger partial charge in [0.15, 0.2) is 5.78 Å². The molecule has 1 heterocycles. The van der Waals surface area contributed by atoms with E-state index < -0.39 is 4.92 Å². The number of nitro benzene ring substituents is 1. The second kappa shape index (κ2) is 7.08. The van der Waals surface area contributed by atoms with E-state index in [1.54, 1.807) is 12.1 Å². The van der Waals surface area contributed by atoms with Crippen LogP contribution in [-0.2, 0) is 0 Å². The molecule has 1 unspecified atom stereocenters. The van der Waals surface area contributed by atoms with Crippen molar-refractivity contribution in [3.8, 4) is 0 Å². The molecule has 30 heavy (non-hydrogen) atoms. The van der Waals surface area contributed by atoms with Gasteiger partial charge >= 0.3 is 0 Å². The molecule has 3 aromatic carbocycles. The van der Waals surface area contributed by atoms with Crippen LogP contribution in [-0.4, -0.2) is 16.4 Å². The molecule has 0 amide bonds. The number of hydrogen-bond acceptors (Lipinski definition) is 5. The molecule has 0 saturated carbocycles. The number of carbonyl (C=O) groups is 1. The molecule has 0 spiro atoms. The number of fused-ring (bicyclic) bond motifs is 2. The van der Waals surface area contributed by atoms with E-state index in [1.807, 2.05) is 54.6 Å². The van der Waals surface area contributed by atoms with Crippen LogP contribution < -0.4 is 5.43 Å². The number of non-ortho nitro benzene ring substituents is 1. The van der Waals surface area contributed by atoms with E-state index in [0.717, 1.165) is 28.1 Å². The van der Waals surface area contributed by atoms with Crippen LogP contribution in [0.2, 0.25) is 0 Å². The zero-order valence-corrected chi connectivity index (χ0v) is 15.9. The van der Waals surface area contributed by atoms with Crippen LogP contribution in [0, 0.1) is 10.1 Å². The minimum absolute atomic E-state index is 0.0158. The number of nitrogens with zero attached hydrogens (tertiary/aromatic N) is 2. The predicted molar refractivity (Wildman–Crippen MR) is 114 cm³/mol. The zero-order valence-electron chi connectivity index (χ0n) is 15.9. The Balaban J connectivity index is 1.62. The van der Waals surface area contributed by atoms with Gasteiger partial charge in [-0.3, -0.25) is 20.3 Å². The number of ketones is 1. The van der Waals surface area contributed by atoms with Gasteiger partial charge in [-0.15, -0.1) is 0 Å². The van der Waals surface area contributed by atoms with E-state index in [1.165, 1.54) is 12.1 Å². The van der Waals surface area contributed by atoms with Crippen LogP contribution in [0.25, 0.3) is 5.70 Å². The second-order valence-electron chi connectivity index (χ2n) is 7.31. The van der Waals surface area contributed by atoms with Crippen molar-refractivity contribution in [3.05, 3.63) is 117 Å². The smallest absolute Gasteiger partial charge is 0.269 e. The molecule has 0 fully saturated rings. The third-order valence-corrected chi connectivity index (χ3v) is 5.62. The van der Waals surface area contributed by atoms with Crippen LogP contribution in [0.5, 0.6) is 0 Å². The fourth-order valence-electron chi connectivity index (χ4n) is 4.15. The van der Waals surface area contributed by atoms with E-state index in [2.05, 4.69) is 10.5 Å². The summed E-state index contributed by atoms with van der Waals surface area (Å²) in [5.74, 6) is -0.160. The summed E-state index contributed by atoms with van der Waals surface area (Å²) in [6.07, 6.45) is 0.507. The molecule has 0 saturated heterocycles. The third-order valence-electron chi connectivity index (χ3n) is 5.62. The summed E-state index contributed by atoms with van der Waals surface area (Å²) in [5.41, 5.74) is 8.72. The van der Waals surface area contributed by atoms with Crippen LogP contribution >= 0.6 is 0 Å². The minimum atomic E-state index is -0.421. The number of hydrazone groups is 1. The van der Waals surface area contributed by atoms with Crippen molar-refractivity contribution >= 4 is 22.9 Å². The van der Waals surface area contributed by atoms with Gasteiger partial charge in [0.1, 0.15) is 0 Å². The lowest BCUT2D eigenvalue weighted by molar-refractivity contribution is -0.384. The van der Waals surface area contributed by atoms with Crippen LogP contribution in [0.3, 0.4) is 0 Å². The lowest BCUT2D eigenvalue weighted by Crippen LogP contribution is -2.14. The van der Waals surface area contributed by atoms with Gasteiger partial charge < -0.3 is 0 Å². The van der Waals surface area contributed by atoms with Gasteiger partial charge in [-0.05, 0) is 23.3 Å². The first kappa shape index (κ1) is 18.0. The van der Waals surface area contributed by atoms with Gasteiger partial charge in [0.2, 0.25) is 0 Å². The number of hydrogen-bond donors (Lipinski definition) is 1. The highest BCUT2D eigenvalue weighted by Crippen LogP contribution is 2.42. The molecule has 6 nitrogen and oxygen atoms in total. The van der Waals surface area contributed by atoms with Gasteiger partial charge in [0.25, 0.3) is 5.69 Å². The summed E-state index contributed by atoms with van der Waals surface area (Å²) < 4.78 is 0. The normalized spacial score (nSPS) is 17.5. The summed E-state index contributed by atoms with van der Waals surface area (Å²) >= 11 is 0. The van der Waals surface area contributed by atoms with Crippen molar-refractivity contribution in [1.29, 1.82) is 0 Å². The van der Waals surface area contributed by atoms with E-state index >= 15 is 0 Å². The SMILES string of the molecule is O=C1C2=C(NN=C(c3ccc([N+](=O)[O-])cc3)CC2c2ccccc2)c2ccccc21. The highest BCUT2D eigenvalue weighted by molar-refractivity contribution is 6.22. The lowest BCUT2D eigenvalue weighted by atomic mass is 9.83. The molecule has 1 aliphatic carbocycles. The lowest BCUT2D eigenvalue weighted by Gasteiger charge is -2.18. The molecule has 0 bridgehead atoms. The molecule has 2 aliphatic rings. The molecule has 1 aliphatic heterocycles. The zero-order chi connectivity index (χ0) is 20.7. The Hall–Kier alpha value is -4.06. The van der Waals surface area contributed by atoms with Gasteiger partial charge in [0, 0.05) is 41.2 Å². The highest BCUT2D eigenvalue weighted by Gasteiger charge is 2.37. The maximum absolute atomic E-state index is 13.3. The van der Waals surface area contributed by atoms with E-state index in [0.29, 0.717) is 17.6 Å². The van der Waals surface area contributed by atoms with Crippen molar-refractivity contribution in [2.24, 2.45) is 5.10 Å². The fourth-order valence-corrected chi connectivity index (χ4v) is 4.15. The minimum Gasteiger partial charge on any atom is -0.289 e. The second-order valence-corrected chi connectivity index (χ2v) is 7.31. The Morgan fingerprint density at radius 3 is 2.27 bits per heavy atom. The molecular weight excluding hydrogens is 378 g/mol. The number of nitrogens with one attached hydrogen (secondary N) is 1. The number of nitro groups is 1. The van der Waals surface area contributed by atoms with Gasteiger partial charge in [-0.25, -0.2) is 0 Å². The molecule has 3 aromatic rings. The molecule has 1 atom stereocenters. The first-order chi connectivity index (χ1) is 14.6. The van der Waals surface area contributed by atoms with Gasteiger partial charge in [0.05, 0.1) is 16.3 Å². The number of rotatable bonds is 3. The van der Waals surface area contributed by atoms with Crippen LogP contribution in [0.1, 0.15) is 39.4 Å². The molecule has 6 heteroatoms. The Bertz CT molecular complexity index is 1230. The molecule has 0 radical (unpaired) electrons. The van der Waals surface area contributed by atoms with Crippen molar-refractivity contribution < 1.29 is 9.72 Å². The van der Waals surface area contributed by atoms with Gasteiger partial charge in [-0.1, -0.05) is 54.6 Å². The maximum atomic E-state index is 13.3. The third kappa shape index (κ3) is 2.90. The first-order valence-corrected chi connectivity index (χ1v) is 9.64. The van der Waals surface area contributed by atoms with Crippen molar-refractivity contribution in [2.75, 3.05) is 0 Å². The van der Waals surface area contributed by atoms with Crippen molar-refractivity contribution in [3.63, 3.8) is 0 Å². The number of allylic oxidation sites excluding steroid dienone is 1. The monoisotopic (exact) mass is 395 g/mol. The predicted octanol–water partition coefficient (Wildman–Crippen LogP) is 4.68. The summed E-state index contributed by atoms with van der Waals surface area (Å²) in [5, 5.41) is 15.6. The van der Waals surface area contributed by atoms with E-state index in [-0.39, 0.29) is 17.4 Å². The average Bonchev–Trinajstić information content (AvgIpc) is 2.94. The molecule has 1 N–H and O–H groups in total. The molecular formula is C24H17N3O3. The highest BCUT2D eigenvalue weighted by atomic mass is 16.6. The van der Waals surface area contributed by atoms with Crippen molar-refractivity contribution in [1.82, 2.24) is 5.43 Å². The van der Waals surface area contributed by atoms with E-state index in [9.17, 15) is 14.9 Å². The molecule has 0 aromatic heterocycles. The molecule has 146 valence electrons. The van der Waals surface area contributed by atoms with Crippen molar-refractivity contribution in [2.45, 2.75) is 12.3 Å². The van der Waals surface area contributed by atoms with E-state index in [4.69, 9.17) is 0 Å². The number of Topliss-reactive ketones (excluding diaryl/α,β-unsaturated/α-hetero) is 1. The maximum Gasteiger partial charge on any atom is 0.269 e. The fraction of sp³-hybridized carbons (Fsp3) is 0.0833. The summed E-state index contributed by atoms with van der Waals surface area (Å²) in [6.45, 7) is 0. The van der Waals surface area contributed by atoms with Gasteiger partial charge in [-0.2, -0.15) is 5.10 Å². The van der Waals surface area contributed by atoms with Crippen LogP contribution in [0.4, 0.5) is 5.69 Å². The Morgan fingerprint density at radius 2 is 1.57 bits per heavy atom. The summed E-state index contributed by atoms with van der Waals surface area (Å²) in [6, 6.07) is 23.8. The summed E-state index contributed by atoms with van der Waals surface area (Å²) in [4.78, 5) is 23.9. The summed E-state index contributed by atoms with van der Waals surface area (Å²) in [7, 11) is 0. The largest absolute Gasteiger partial charge is 0.289 e. The number of benzene rings is 3. The number of carbonyl (C=O) groups excluding carboxylic acids is 1.